The Balaban J connectivity index is 1.79. The third-order valence-corrected chi connectivity index (χ3v) is 4.38. The van der Waals surface area contributed by atoms with Crippen LogP contribution in [0.3, 0.4) is 0 Å². The number of aromatic nitrogens is 2. The molecule has 7 heteroatoms. The van der Waals surface area contributed by atoms with Crippen LogP contribution in [0.5, 0.6) is 0 Å². The molecule has 0 aliphatic carbocycles. The van der Waals surface area contributed by atoms with E-state index in [9.17, 15) is 9.59 Å². The summed E-state index contributed by atoms with van der Waals surface area (Å²) < 4.78 is 1.46. The van der Waals surface area contributed by atoms with E-state index in [1.165, 1.54) is 22.9 Å². The first-order chi connectivity index (χ1) is 12.9. The van der Waals surface area contributed by atoms with Crippen LogP contribution in [0.25, 0.3) is 0 Å². The molecule has 2 aromatic heterocycles. The first kappa shape index (κ1) is 18.7. The second-order valence-electron chi connectivity index (χ2n) is 6.23. The maximum atomic E-state index is 12.5. The Hall–Kier alpha value is -3.12. The van der Waals surface area contributed by atoms with Gasteiger partial charge in [0.2, 0.25) is 0 Å². The lowest BCUT2D eigenvalue weighted by atomic mass is 10.2. The topological polar surface area (TPSA) is 67.2 Å². The van der Waals surface area contributed by atoms with Crippen molar-refractivity contribution in [3.05, 3.63) is 87.4 Å². The first-order valence-corrected chi connectivity index (χ1v) is 8.70. The minimum Gasteiger partial charge on any atom is -0.363 e. The molecular formula is C20H19ClN4O2. The summed E-state index contributed by atoms with van der Waals surface area (Å²) >= 11 is 6.17. The van der Waals surface area contributed by atoms with Gasteiger partial charge in [-0.05, 0) is 29.8 Å². The maximum Gasteiger partial charge on any atom is 0.257 e. The molecule has 0 saturated heterocycles. The van der Waals surface area contributed by atoms with E-state index in [1.54, 1.807) is 18.3 Å². The SMILES string of the molecule is CN(C)c1ccc(NC(=O)c2ccc(=O)n(Cc3ccccc3Cl)c2)cn1. The normalized spacial score (nSPS) is 10.5. The van der Waals surface area contributed by atoms with Gasteiger partial charge in [-0.3, -0.25) is 9.59 Å². The van der Waals surface area contributed by atoms with Crippen molar-refractivity contribution in [2.75, 3.05) is 24.3 Å². The Labute approximate surface area is 162 Å². The maximum absolute atomic E-state index is 12.5. The average Bonchev–Trinajstić information content (AvgIpc) is 2.65. The van der Waals surface area contributed by atoms with Crippen LogP contribution in [-0.4, -0.2) is 29.6 Å². The zero-order valence-electron chi connectivity index (χ0n) is 15.0. The Kier molecular flexibility index (Phi) is 5.57. The number of pyridine rings is 2. The fourth-order valence-corrected chi connectivity index (χ4v) is 2.72. The summed E-state index contributed by atoms with van der Waals surface area (Å²) in [6.45, 7) is 0.290. The van der Waals surface area contributed by atoms with Crippen LogP contribution < -0.4 is 15.8 Å². The van der Waals surface area contributed by atoms with Crippen LogP contribution in [0.15, 0.2) is 65.7 Å². The van der Waals surface area contributed by atoms with Crippen LogP contribution in [0, 0.1) is 0 Å². The molecule has 3 rings (SSSR count). The van der Waals surface area contributed by atoms with E-state index >= 15 is 0 Å². The number of nitrogens with one attached hydrogen (secondary N) is 1. The molecule has 6 nitrogen and oxygen atoms in total. The summed E-state index contributed by atoms with van der Waals surface area (Å²) in [7, 11) is 3.78. The standard InChI is InChI=1S/C20H19ClN4O2/c1-24(2)18-9-8-16(11-22-18)23-20(27)15-7-10-19(26)25(13-15)12-14-5-3-4-6-17(14)21/h3-11,13H,12H2,1-2H3,(H,23,27). The van der Waals surface area contributed by atoms with Gasteiger partial charge in [-0.25, -0.2) is 4.98 Å². The van der Waals surface area contributed by atoms with Crippen molar-refractivity contribution in [3.8, 4) is 0 Å². The predicted octanol–water partition coefficient (Wildman–Crippen LogP) is 3.26. The molecule has 0 spiro atoms. The lowest BCUT2D eigenvalue weighted by molar-refractivity contribution is 0.102. The molecule has 0 unspecified atom stereocenters. The number of hydrogen-bond donors (Lipinski definition) is 1. The van der Waals surface area contributed by atoms with Gasteiger partial charge < -0.3 is 14.8 Å². The summed E-state index contributed by atoms with van der Waals surface area (Å²) in [5.74, 6) is 0.476. The molecule has 1 amide bonds. The number of benzene rings is 1. The van der Waals surface area contributed by atoms with Gasteiger partial charge in [0.25, 0.3) is 11.5 Å². The Morgan fingerprint density at radius 3 is 2.59 bits per heavy atom. The van der Waals surface area contributed by atoms with E-state index in [0.717, 1.165) is 11.4 Å². The van der Waals surface area contributed by atoms with Crippen molar-refractivity contribution in [1.82, 2.24) is 9.55 Å². The highest BCUT2D eigenvalue weighted by atomic mass is 35.5. The fraction of sp³-hybridized carbons (Fsp3) is 0.150. The summed E-state index contributed by atoms with van der Waals surface area (Å²) in [5.41, 5.74) is 1.55. The molecule has 0 aliphatic heterocycles. The summed E-state index contributed by atoms with van der Waals surface area (Å²) in [5, 5.41) is 3.36. The summed E-state index contributed by atoms with van der Waals surface area (Å²) in [6, 6.07) is 13.8. The molecular weight excluding hydrogens is 364 g/mol. The van der Waals surface area contributed by atoms with Crippen molar-refractivity contribution >= 4 is 29.0 Å². The second-order valence-corrected chi connectivity index (χ2v) is 6.64. The van der Waals surface area contributed by atoms with E-state index in [4.69, 9.17) is 11.6 Å². The predicted molar refractivity (Wildman–Crippen MR) is 108 cm³/mol. The van der Waals surface area contributed by atoms with E-state index in [1.807, 2.05) is 43.3 Å². The second kappa shape index (κ2) is 8.05. The van der Waals surface area contributed by atoms with Crippen molar-refractivity contribution in [2.45, 2.75) is 6.54 Å². The highest BCUT2D eigenvalue weighted by Crippen LogP contribution is 2.16. The van der Waals surface area contributed by atoms with Crippen LogP contribution in [0.2, 0.25) is 5.02 Å². The monoisotopic (exact) mass is 382 g/mol. The molecule has 138 valence electrons. The summed E-state index contributed by atoms with van der Waals surface area (Å²) in [6.07, 6.45) is 3.12. The van der Waals surface area contributed by atoms with E-state index in [0.29, 0.717) is 22.8 Å². The molecule has 0 aliphatic rings. The Bertz CT molecular complexity index is 1010. The summed E-state index contributed by atoms with van der Waals surface area (Å²) in [4.78, 5) is 30.8. The quantitative estimate of drug-likeness (QED) is 0.735. The number of carbonyl (C=O) groups is 1. The van der Waals surface area contributed by atoms with E-state index in [-0.39, 0.29) is 11.5 Å². The molecule has 0 radical (unpaired) electrons. The van der Waals surface area contributed by atoms with Gasteiger partial charge in [0, 0.05) is 31.4 Å². The number of carbonyl (C=O) groups excluding carboxylic acids is 1. The Morgan fingerprint density at radius 1 is 1.15 bits per heavy atom. The first-order valence-electron chi connectivity index (χ1n) is 8.32. The number of nitrogens with zero attached hydrogens (tertiary/aromatic N) is 3. The van der Waals surface area contributed by atoms with Gasteiger partial charge in [0.1, 0.15) is 5.82 Å². The number of halogens is 1. The third kappa shape index (κ3) is 4.54. The molecule has 0 atom stereocenters. The molecule has 2 heterocycles. The third-order valence-electron chi connectivity index (χ3n) is 4.01. The smallest absolute Gasteiger partial charge is 0.257 e. The zero-order chi connectivity index (χ0) is 19.4. The molecule has 3 aromatic rings. The number of rotatable bonds is 5. The number of hydrogen-bond acceptors (Lipinski definition) is 4. The zero-order valence-corrected chi connectivity index (χ0v) is 15.8. The van der Waals surface area contributed by atoms with Crippen LogP contribution in [0.4, 0.5) is 11.5 Å². The van der Waals surface area contributed by atoms with Gasteiger partial charge in [0.05, 0.1) is 24.0 Å². The lowest BCUT2D eigenvalue weighted by Crippen LogP contribution is -2.22. The molecule has 0 bridgehead atoms. The largest absolute Gasteiger partial charge is 0.363 e. The molecule has 1 N–H and O–H groups in total. The molecule has 1 aromatic carbocycles. The van der Waals surface area contributed by atoms with Gasteiger partial charge in [-0.1, -0.05) is 29.8 Å². The van der Waals surface area contributed by atoms with Crippen LogP contribution in [0.1, 0.15) is 15.9 Å². The van der Waals surface area contributed by atoms with E-state index in [2.05, 4.69) is 10.3 Å². The minimum absolute atomic E-state index is 0.205. The van der Waals surface area contributed by atoms with Crippen molar-refractivity contribution in [1.29, 1.82) is 0 Å². The van der Waals surface area contributed by atoms with Gasteiger partial charge in [-0.2, -0.15) is 0 Å². The number of amides is 1. The molecule has 0 saturated carbocycles. The van der Waals surface area contributed by atoms with Gasteiger partial charge in [0.15, 0.2) is 0 Å². The average molecular weight is 383 g/mol. The minimum atomic E-state index is -0.317. The fourth-order valence-electron chi connectivity index (χ4n) is 2.53. The molecule has 0 fully saturated rings. The highest BCUT2D eigenvalue weighted by molar-refractivity contribution is 6.31. The Morgan fingerprint density at radius 2 is 1.93 bits per heavy atom. The lowest BCUT2D eigenvalue weighted by Gasteiger charge is -2.12. The highest BCUT2D eigenvalue weighted by Gasteiger charge is 2.10. The van der Waals surface area contributed by atoms with Gasteiger partial charge in [-0.15, -0.1) is 0 Å². The van der Waals surface area contributed by atoms with Crippen LogP contribution in [-0.2, 0) is 6.54 Å². The van der Waals surface area contributed by atoms with Crippen molar-refractivity contribution in [2.24, 2.45) is 0 Å². The van der Waals surface area contributed by atoms with E-state index < -0.39 is 0 Å². The van der Waals surface area contributed by atoms with Gasteiger partial charge >= 0.3 is 0 Å². The van der Waals surface area contributed by atoms with Crippen molar-refractivity contribution < 1.29 is 4.79 Å². The number of anilines is 2. The molecule has 27 heavy (non-hydrogen) atoms. The van der Waals surface area contributed by atoms with Crippen LogP contribution >= 0.6 is 11.6 Å². The van der Waals surface area contributed by atoms with Crippen molar-refractivity contribution in [3.63, 3.8) is 0 Å².